The summed E-state index contributed by atoms with van der Waals surface area (Å²) in [4.78, 5) is 14.7. The van der Waals surface area contributed by atoms with E-state index in [1.165, 1.54) is 37.4 Å². The topological polar surface area (TPSA) is 76.6 Å². The summed E-state index contributed by atoms with van der Waals surface area (Å²) >= 11 is 3.12. The Bertz CT molecular complexity index is 1100. The van der Waals surface area contributed by atoms with Crippen LogP contribution in [-0.2, 0) is 0 Å². The van der Waals surface area contributed by atoms with E-state index in [1.54, 1.807) is 24.8 Å². The first-order chi connectivity index (χ1) is 13.8. The molecule has 1 aliphatic carbocycles. The molecular formula is C20H19N5OS2. The van der Waals surface area contributed by atoms with Crippen LogP contribution in [-0.4, -0.2) is 32.3 Å². The van der Waals surface area contributed by atoms with Crippen molar-refractivity contribution in [1.82, 2.24) is 25.1 Å². The van der Waals surface area contributed by atoms with E-state index >= 15 is 0 Å². The maximum Gasteiger partial charge on any atom is 0.214 e. The van der Waals surface area contributed by atoms with Gasteiger partial charge in [-0.1, -0.05) is 25.0 Å². The molecule has 142 valence electrons. The number of hydrogen-bond acceptors (Lipinski definition) is 7. The largest absolute Gasteiger partial charge is 0.497 e. The fourth-order valence-corrected chi connectivity index (χ4v) is 5.48. The Hall–Kier alpha value is -2.45. The van der Waals surface area contributed by atoms with Crippen molar-refractivity contribution in [1.29, 1.82) is 0 Å². The Morgan fingerprint density at radius 2 is 1.96 bits per heavy atom. The van der Waals surface area contributed by atoms with Gasteiger partial charge in [-0.25, -0.2) is 15.0 Å². The van der Waals surface area contributed by atoms with Crippen molar-refractivity contribution in [3.63, 3.8) is 0 Å². The highest BCUT2D eigenvalue weighted by molar-refractivity contribution is 7.99. The molecule has 0 unspecified atom stereocenters. The van der Waals surface area contributed by atoms with Gasteiger partial charge in [-0.15, -0.1) is 16.4 Å². The molecule has 28 heavy (non-hydrogen) atoms. The number of methoxy groups -OCH3 is 1. The molecule has 5 rings (SSSR count). The highest BCUT2D eigenvalue weighted by Crippen LogP contribution is 2.40. The van der Waals surface area contributed by atoms with Gasteiger partial charge in [0.25, 0.3) is 0 Å². The van der Waals surface area contributed by atoms with Gasteiger partial charge in [-0.3, -0.25) is 5.10 Å². The van der Waals surface area contributed by atoms with Crippen LogP contribution < -0.4 is 4.74 Å². The van der Waals surface area contributed by atoms with Crippen LogP contribution >= 0.6 is 23.1 Å². The van der Waals surface area contributed by atoms with Crippen molar-refractivity contribution in [3.05, 3.63) is 41.8 Å². The lowest BCUT2D eigenvalue weighted by atomic mass is 10.1. The predicted octanol–water partition coefficient (Wildman–Crippen LogP) is 5.29. The third-order valence-electron chi connectivity index (χ3n) is 5.15. The lowest BCUT2D eigenvalue weighted by Crippen LogP contribution is -1.94. The maximum atomic E-state index is 5.27. The second-order valence-corrected chi connectivity index (χ2v) is 8.64. The lowest BCUT2D eigenvalue weighted by molar-refractivity contribution is 0.415. The third kappa shape index (κ3) is 3.27. The van der Waals surface area contributed by atoms with E-state index < -0.39 is 0 Å². The highest BCUT2D eigenvalue weighted by Gasteiger charge is 2.22. The molecule has 6 nitrogen and oxygen atoms in total. The predicted molar refractivity (Wildman–Crippen MR) is 111 cm³/mol. The van der Waals surface area contributed by atoms with E-state index in [2.05, 4.69) is 37.7 Å². The zero-order chi connectivity index (χ0) is 18.9. The van der Waals surface area contributed by atoms with Crippen LogP contribution in [0.15, 0.2) is 46.2 Å². The number of aromatic amines is 1. The van der Waals surface area contributed by atoms with Crippen molar-refractivity contribution < 1.29 is 4.74 Å². The summed E-state index contributed by atoms with van der Waals surface area (Å²) in [5, 5.41) is 12.3. The number of H-pyrrole nitrogens is 1. The quantitative estimate of drug-likeness (QED) is 0.451. The SMILES string of the molecule is COc1ccc(-c2csc3ncnc(Sc4n[nH]c(C5CCCC5)n4)c23)cc1. The Balaban J connectivity index is 1.50. The van der Waals surface area contributed by atoms with E-state index in [1.807, 2.05) is 12.1 Å². The van der Waals surface area contributed by atoms with Crippen LogP contribution in [0.2, 0.25) is 0 Å². The molecule has 0 aliphatic heterocycles. The fourth-order valence-electron chi connectivity index (χ4n) is 3.68. The molecule has 0 bridgehead atoms. The van der Waals surface area contributed by atoms with Gasteiger partial charge in [0, 0.05) is 16.9 Å². The van der Waals surface area contributed by atoms with Crippen LogP contribution in [0.4, 0.5) is 0 Å². The summed E-state index contributed by atoms with van der Waals surface area (Å²) in [5.74, 6) is 2.36. The van der Waals surface area contributed by atoms with Crippen molar-refractivity contribution in [3.8, 4) is 16.9 Å². The minimum absolute atomic E-state index is 0.517. The van der Waals surface area contributed by atoms with Crippen LogP contribution in [0.3, 0.4) is 0 Å². The molecule has 3 aromatic heterocycles. The summed E-state index contributed by atoms with van der Waals surface area (Å²) in [6.45, 7) is 0. The van der Waals surface area contributed by atoms with Crippen LogP contribution in [0.25, 0.3) is 21.3 Å². The molecule has 0 atom stereocenters. The number of nitrogens with zero attached hydrogens (tertiary/aromatic N) is 4. The summed E-state index contributed by atoms with van der Waals surface area (Å²) in [7, 11) is 1.67. The lowest BCUT2D eigenvalue weighted by Gasteiger charge is -2.05. The van der Waals surface area contributed by atoms with Gasteiger partial charge in [0.05, 0.1) is 12.5 Å². The summed E-state index contributed by atoms with van der Waals surface area (Å²) < 4.78 is 5.27. The Labute approximate surface area is 170 Å². The van der Waals surface area contributed by atoms with E-state index in [0.717, 1.165) is 37.9 Å². The molecule has 1 aromatic carbocycles. The monoisotopic (exact) mass is 409 g/mol. The van der Waals surface area contributed by atoms with Gasteiger partial charge < -0.3 is 4.74 Å². The van der Waals surface area contributed by atoms with Crippen LogP contribution in [0.5, 0.6) is 5.75 Å². The van der Waals surface area contributed by atoms with Gasteiger partial charge in [-0.05, 0) is 42.3 Å². The smallest absolute Gasteiger partial charge is 0.214 e. The zero-order valence-electron chi connectivity index (χ0n) is 15.4. The highest BCUT2D eigenvalue weighted by atomic mass is 32.2. The number of hydrogen-bond donors (Lipinski definition) is 1. The molecule has 0 saturated heterocycles. The van der Waals surface area contributed by atoms with Gasteiger partial charge in [0.1, 0.15) is 27.8 Å². The molecule has 1 fully saturated rings. The van der Waals surface area contributed by atoms with Crippen molar-refractivity contribution in [2.45, 2.75) is 41.8 Å². The average Bonchev–Trinajstić information content (AvgIpc) is 3.48. The second-order valence-electron chi connectivity index (χ2n) is 6.82. The molecule has 1 aliphatic rings. The van der Waals surface area contributed by atoms with E-state index in [4.69, 9.17) is 9.72 Å². The minimum Gasteiger partial charge on any atom is -0.497 e. The number of aromatic nitrogens is 5. The summed E-state index contributed by atoms with van der Waals surface area (Å²) in [5.41, 5.74) is 2.24. The van der Waals surface area contributed by atoms with Crippen molar-refractivity contribution >= 4 is 33.3 Å². The molecular weight excluding hydrogens is 390 g/mol. The van der Waals surface area contributed by atoms with E-state index in [0.29, 0.717) is 11.1 Å². The van der Waals surface area contributed by atoms with Gasteiger partial charge >= 0.3 is 0 Å². The molecule has 8 heteroatoms. The van der Waals surface area contributed by atoms with E-state index in [-0.39, 0.29) is 0 Å². The first-order valence-corrected chi connectivity index (χ1v) is 11.0. The van der Waals surface area contributed by atoms with E-state index in [9.17, 15) is 0 Å². The molecule has 1 N–H and O–H groups in total. The first kappa shape index (κ1) is 17.6. The molecule has 4 aromatic rings. The molecule has 3 heterocycles. The average molecular weight is 410 g/mol. The maximum absolute atomic E-state index is 5.27. The second kappa shape index (κ2) is 7.52. The Kier molecular flexibility index (Phi) is 4.74. The molecule has 0 amide bonds. The van der Waals surface area contributed by atoms with Crippen molar-refractivity contribution in [2.24, 2.45) is 0 Å². The van der Waals surface area contributed by atoms with Crippen LogP contribution in [0.1, 0.15) is 37.4 Å². The van der Waals surface area contributed by atoms with Crippen LogP contribution in [0, 0.1) is 0 Å². The zero-order valence-corrected chi connectivity index (χ0v) is 17.0. The number of thiophene rings is 1. The fraction of sp³-hybridized carbons (Fsp3) is 0.300. The van der Waals surface area contributed by atoms with Gasteiger partial charge in [0.15, 0.2) is 0 Å². The molecule has 1 saturated carbocycles. The van der Waals surface area contributed by atoms with Gasteiger partial charge in [0.2, 0.25) is 5.16 Å². The van der Waals surface area contributed by atoms with Gasteiger partial charge in [-0.2, -0.15) is 0 Å². The number of nitrogens with one attached hydrogen (secondary N) is 1. The first-order valence-electron chi connectivity index (χ1n) is 9.28. The molecule has 0 spiro atoms. The summed E-state index contributed by atoms with van der Waals surface area (Å²) in [6, 6.07) is 8.07. The standard InChI is InChI=1S/C20H19N5OS2/c1-26-14-8-6-12(7-9-14)15-10-27-18-16(15)19(22-11-21-18)28-20-23-17(24-25-20)13-4-2-3-5-13/h6-11,13H,2-5H2,1H3,(H,23,24,25). The Morgan fingerprint density at radius 1 is 1.14 bits per heavy atom. The van der Waals surface area contributed by atoms with Crippen molar-refractivity contribution in [2.75, 3.05) is 7.11 Å². The number of rotatable bonds is 5. The summed E-state index contributed by atoms with van der Waals surface area (Å²) in [6.07, 6.45) is 6.57. The number of ether oxygens (including phenoxy) is 1. The Morgan fingerprint density at radius 3 is 2.75 bits per heavy atom. The number of fused-ring (bicyclic) bond motifs is 1. The number of benzene rings is 1. The third-order valence-corrected chi connectivity index (χ3v) is 6.90. The molecule has 0 radical (unpaired) electrons. The normalized spacial score (nSPS) is 14.8. The minimum atomic E-state index is 0.517.